The maximum Gasteiger partial charge on any atom is 0.141 e. The third kappa shape index (κ3) is 1.78. The standard InChI is InChI=1S/C11H11BN2/c12-11-4-3-9-2-1-8(5-6-13)7-10(9)14-11/h1-4,7H,5-6,13H2. The molecule has 2 nitrogen and oxygen atoms in total. The van der Waals surface area contributed by atoms with Crippen LogP contribution in [-0.2, 0) is 6.42 Å². The summed E-state index contributed by atoms with van der Waals surface area (Å²) >= 11 is 0. The molecule has 1 aromatic heterocycles. The first-order valence-corrected chi connectivity index (χ1v) is 4.65. The van der Waals surface area contributed by atoms with Crippen molar-refractivity contribution in [2.45, 2.75) is 6.42 Å². The molecule has 68 valence electrons. The highest BCUT2D eigenvalue weighted by Gasteiger charge is 1.97. The van der Waals surface area contributed by atoms with Gasteiger partial charge >= 0.3 is 0 Å². The van der Waals surface area contributed by atoms with Gasteiger partial charge in [-0.25, -0.2) is 0 Å². The number of nitrogens with two attached hydrogens (primary N) is 1. The molecule has 3 heteroatoms. The summed E-state index contributed by atoms with van der Waals surface area (Å²) in [6.45, 7) is 0.661. The van der Waals surface area contributed by atoms with E-state index in [1.807, 2.05) is 24.3 Å². The first-order valence-electron chi connectivity index (χ1n) is 4.65. The predicted molar refractivity (Wildman–Crippen MR) is 59.9 cm³/mol. The Morgan fingerprint density at radius 3 is 2.79 bits per heavy atom. The molecular weight excluding hydrogens is 171 g/mol. The highest BCUT2D eigenvalue weighted by atomic mass is 14.7. The van der Waals surface area contributed by atoms with Crippen molar-refractivity contribution in [2.24, 2.45) is 5.73 Å². The van der Waals surface area contributed by atoms with Gasteiger partial charge in [-0.1, -0.05) is 24.3 Å². The third-order valence-electron chi connectivity index (χ3n) is 2.21. The summed E-state index contributed by atoms with van der Waals surface area (Å²) in [6, 6.07) is 9.95. The van der Waals surface area contributed by atoms with Crippen molar-refractivity contribution in [3.8, 4) is 0 Å². The lowest BCUT2D eigenvalue weighted by molar-refractivity contribution is 0.970. The van der Waals surface area contributed by atoms with Gasteiger partial charge in [0.05, 0.1) is 5.52 Å². The number of nitrogens with zero attached hydrogens (tertiary/aromatic N) is 1. The molecule has 0 aliphatic heterocycles. The van der Waals surface area contributed by atoms with E-state index in [1.165, 1.54) is 5.56 Å². The zero-order chi connectivity index (χ0) is 9.97. The maximum atomic E-state index is 5.61. The van der Waals surface area contributed by atoms with Crippen LogP contribution in [0.15, 0.2) is 30.3 Å². The van der Waals surface area contributed by atoms with Crippen LogP contribution in [0.4, 0.5) is 0 Å². The lowest BCUT2D eigenvalue weighted by Gasteiger charge is -2.02. The van der Waals surface area contributed by atoms with Crippen LogP contribution >= 0.6 is 0 Å². The number of hydrogen-bond acceptors (Lipinski definition) is 2. The van der Waals surface area contributed by atoms with E-state index in [4.69, 9.17) is 13.6 Å². The van der Waals surface area contributed by atoms with Gasteiger partial charge in [-0.05, 0) is 30.2 Å². The molecule has 0 aliphatic carbocycles. The first-order chi connectivity index (χ1) is 6.79. The van der Waals surface area contributed by atoms with Crippen molar-refractivity contribution in [1.29, 1.82) is 0 Å². The van der Waals surface area contributed by atoms with Crippen LogP contribution in [0.25, 0.3) is 10.9 Å². The number of hydrogen-bond donors (Lipinski definition) is 1. The molecule has 0 spiro atoms. The van der Waals surface area contributed by atoms with Crippen LogP contribution in [0.5, 0.6) is 0 Å². The third-order valence-corrected chi connectivity index (χ3v) is 2.21. The van der Waals surface area contributed by atoms with E-state index in [-0.39, 0.29) is 0 Å². The van der Waals surface area contributed by atoms with Crippen molar-refractivity contribution in [2.75, 3.05) is 6.54 Å². The molecule has 0 bridgehead atoms. The summed E-state index contributed by atoms with van der Waals surface area (Å²) in [7, 11) is 5.61. The molecule has 0 fully saturated rings. The minimum absolute atomic E-state index is 0.558. The normalized spacial score (nSPS) is 10.6. The topological polar surface area (TPSA) is 38.9 Å². The smallest absolute Gasteiger partial charge is 0.141 e. The number of pyridine rings is 1. The van der Waals surface area contributed by atoms with Crippen molar-refractivity contribution in [3.63, 3.8) is 0 Å². The Morgan fingerprint density at radius 1 is 1.21 bits per heavy atom. The van der Waals surface area contributed by atoms with E-state index in [0.29, 0.717) is 12.1 Å². The van der Waals surface area contributed by atoms with Crippen molar-refractivity contribution in [3.05, 3.63) is 35.9 Å². The number of fused-ring (bicyclic) bond motifs is 1. The number of aromatic nitrogens is 1. The van der Waals surface area contributed by atoms with E-state index in [1.54, 1.807) is 0 Å². The van der Waals surface area contributed by atoms with Crippen LogP contribution in [0.3, 0.4) is 0 Å². The fraction of sp³-hybridized carbons (Fsp3) is 0.182. The summed E-state index contributed by atoms with van der Waals surface area (Å²) in [6.07, 6.45) is 0.881. The molecule has 0 amide bonds. The average Bonchev–Trinajstić information content (AvgIpc) is 2.17. The van der Waals surface area contributed by atoms with E-state index in [0.717, 1.165) is 17.3 Å². The van der Waals surface area contributed by atoms with E-state index in [2.05, 4.69) is 11.1 Å². The number of benzene rings is 1. The van der Waals surface area contributed by atoms with Gasteiger partial charge in [0.15, 0.2) is 0 Å². The molecule has 0 atom stereocenters. The Hall–Kier alpha value is -1.35. The molecule has 1 aromatic carbocycles. The van der Waals surface area contributed by atoms with E-state index in [9.17, 15) is 0 Å². The molecule has 1 heterocycles. The van der Waals surface area contributed by atoms with Gasteiger partial charge in [0.2, 0.25) is 0 Å². The van der Waals surface area contributed by atoms with E-state index < -0.39 is 0 Å². The summed E-state index contributed by atoms with van der Waals surface area (Å²) in [4.78, 5) is 4.26. The Kier molecular flexibility index (Phi) is 2.50. The summed E-state index contributed by atoms with van der Waals surface area (Å²) in [5, 5.41) is 1.11. The van der Waals surface area contributed by atoms with Crippen LogP contribution in [0, 0.1) is 0 Å². The predicted octanol–water partition coefficient (Wildman–Crippen LogP) is 0.530. The molecule has 2 N–H and O–H groups in total. The fourth-order valence-electron chi connectivity index (χ4n) is 1.50. The van der Waals surface area contributed by atoms with Gasteiger partial charge in [-0.2, -0.15) is 0 Å². The quantitative estimate of drug-likeness (QED) is 0.688. The lowest BCUT2D eigenvalue weighted by Crippen LogP contribution is -2.07. The number of rotatable bonds is 2. The molecule has 14 heavy (non-hydrogen) atoms. The Labute approximate surface area is 84.6 Å². The van der Waals surface area contributed by atoms with Crippen molar-refractivity contribution in [1.82, 2.24) is 4.98 Å². The molecule has 0 unspecified atom stereocenters. The Balaban J connectivity index is 2.52. The van der Waals surface area contributed by atoms with Crippen LogP contribution in [0.1, 0.15) is 5.56 Å². The van der Waals surface area contributed by atoms with Gasteiger partial charge in [-0.3, -0.25) is 4.98 Å². The van der Waals surface area contributed by atoms with Gasteiger partial charge < -0.3 is 5.73 Å². The monoisotopic (exact) mass is 182 g/mol. The minimum Gasteiger partial charge on any atom is -0.330 e. The maximum absolute atomic E-state index is 5.61. The van der Waals surface area contributed by atoms with Crippen LogP contribution < -0.4 is 11.3 Å². The Morgan fingerprint density at radius 2 is 2.00 bits per heavy atom. The molecule has 2 aromatic rings. The van der Waals surface area contributed by atoms with Gasteiger partial charge in [0.25, 0.3) is 0 Å². The molecule has 0 saturated carbocycles. The summed E-state index contributed by atoms with van der Waals surface area (Å²) < 4.78 is 0. The lowest BCUT2D eigenvalue weighted by atomic mass is 10.0. The molecule has 0 aliphatic rings. The Bertz CT molecular complexity index is 454. The zero-order valence-corrected chi connectivity index (χ0v) is 7.90. The second-order valence-electron chi connectivity index (χ2n) is 3.30. The molecule has 0 saturated heterocycles. The average molecular weight is 182 g/mol. The SMILES string of the molecule is [B]c1ccc2ccc(CCN)cc2n1. The van der Waals surface area contributed by atoms with Gasteiger partial charge in [0.1, 0.15) is 7.85 Å². The second kappa shape index (κ2) is 3.80. The highest BCUT2D eigenvalue weighted by molar-refractivity contribution is 6.31. The van der Waals surface area contributed by atoms with Crippen molar-refractivity contribution < 1.29 is 0 Å². The fourth-order valence-corrected chi connectivity index (χ4v) is 1.50. The summed E-state index contributed by atoms with van der Waals surface area (Å²) in [5.74, 6) is 0. The van der Waals surface area contributed by atoms with Crippen LogP contribution in [-0.4, -0.2) is 19.4 Å². The second-order valence-corrected chi connectivity index (χ2v) is 3.30. The summed E-state index contributed by atoms with van der Waals surface area (Å²) in [5.41, 5.74) is 8.19. The molecular formula is C11H11BN2. The van der Waals surface area contributed by atoms with Crippen molar-refractivity contribution >= 4 is 24.3 Å². The highest BCUT2D eigenvalue weighted by Crippen LogP contribution is 2.12. The molecule has 2 rings (SSSR count). The van der Waals surface area contributed by atoms with Crippen LogP contribution in [0.2, 0.25) is 0 Å². The minimum atomic E-state index is 0.558. The largest absolute Gasteiger partial charge is 0.330 e. The van der Waals surface area contributed by atoms with E-state index >= 15 is 0 Å². The zero-order valence-electron chi connectivity index (χ0n) is 7.90. The molecule has 2 radical (unpaired) electrons. The van der Waals surface area contributed by atoms with Gasteiger partial charge in [-0.15, -0.1) is 0 Å². The first kappa shape index (κ1) is 9.22. The van der Waals surface area contributed by atoms with Gasteiger partial charge in [0, 0.05) is 5.39 Å².